The molecule has 0 unspecified atom stereocenters. The van der Waals surface area contributed by atoms with Crippen LogP contribution in [0, 0.1) is 0 Å². The second-order valence-corrected chi connectivity index (χ2v) is 4.65. The molecule has 0 aliphatic carbocycles. The van der Waals surface area contributed by atoms with Crippen LogP contribution < -0.4 is 0 Å². The Balaban J connectivity index is 2.95. The van der Waals surface area contributed by atoms with E-state index in [-0.39, 0.29) is 13.0 Å². The predicted molar refractivity (Wildman–Crippen MR) is 79.7 cm³/mol. The molecule has 0 bridgehead atoms. The number of carboxylic acid groups (broad SMARTS) is 1. The maximum atomic E-state index is 10.2. The van der Waals surface area contributed by atoms with Crippen molar-refractivity contribution in [3.63, 3.8) is 0 Å². The van der Waals surface area contributed by atoms with Crippen LogP contribution in [0.2, 0.25) is 0 Å². The van der Waals surface area contributed by atoms with Crippen LogP contribution in [0.5, 0.6) is 0 Å². The van der Waals surface area contributed by atoms with Crippen LogP contribution in [-0.4, -0.2) is 63.9 Å². The van der Waals surface area contributed by atoms with Crippen molar-refractivity contribution >= 4 is 5.97 Å². The third-order valence-corrected chi connectivity index (χ3v) is 2.72. The van der Waals surface area contributed by atoms with E-state index in [9.17, 15) is 4.79 Å². The second kappa shape index (κ2) is 17.4. The Bertz CT molecular complexity index is 222. The number of hydrogen-bond acceptors (Lipinski definition) is 5. The summed E-state index contributed by atoms with van der Waals surface area (Å²) in [7, 11) is 0. The smallest absolute Gasteiger partial charge is 0.305 e. The Kier molecular flexibility index (Phi) is 16.8. The first kappa shape index (κ1) is 20.3. The summed E-state index contributed by atoms with van der Waals surface area (Å²) >= 11 is 0. The summed E-state index contributed by atoms with van der Waals surface area (Å²) in [4.78, 5) is 10.2. The first-order chi connectivity index (χ1) is 10.3. The zero-order chi connectivity index (χ0) is 15.6. The average molecular weight is 306 g/mol. The number of rotatable bonds is 17. The van der Waals surface area contributed by atoms with Gasteiger partial charge in [0.15, 0.2) is 0 Å². The second-order valence-electron chi connectivity index (χ2n) is 4.65. The molecule has 0 aromatic carbocycles. The van der Waals surface area contributed by atoms with Crippen LogP contribution in [0.4, 0.5) is 0 Å². The maximum Gasteiger partial charge on any atom is 0.305 e. The Hall–Kier alpha value is -0.690. The molecule has 0 saturated heterocycles. The largest absolute Gasteiger partial charge is 0.481 e. The van der Waals surface area contributed by atoms with Gasteiger partial charge in [-0.3, -0.25) is 4.79 Å². The Morgan fingerprint density at radius 2 is 1.19 bits per heavy atom. The first-order valence-electron chi connectivity index (χ1n) is 7.80. The molecule has 0 radical (unpaired) electrons. The third-order valence-electron chi connectivity index (χ3n) is 2.72. The van der Waals surface area contributed by atoms with E-state index >= 15 is 0 Å². The molecule has 1 N–H and O–H groups in total. The Labute approximate surface area is 127 Å². The van der Waals surface area contributed by atoms with Crippen molar-refractivity contribution in [2.75, 3.05) is 52.9 Å². The molecule has 126 valence electrons. The monoisotopic (exact) mass is 306 g/mol. The number of carboxylic acids is 1. The van der Waals surface area contributed by atoms with Crippen molar-refractivity contribution in [1.29, 1.82) is 0 Å². The van der Waals surface area contributed by atoms with E-state index in [4.69, 9.17) is 24.1 Å². The molecule has 21 heavy (non-hydrogen) atoms. The van der Waals surface area contributed by atoms with Crippen molar-refractivity contribution in [2.45, 2.75) is 39.0 Å². The van der Waals surface area contributed by atoms with Gasteiger partial charge in [0.25, 0.3) is 0 Å². The number of unbranched alkanes of at least 4 members (excludes halogenated alkanes) is 3. The number of carbonyl (C=O) groups is 1. The number of ether oxygens (including phenoxy) is 4. The van der Waals surface area contributed by atoms with E-state index < -0.39 is 5.97 Å². The fourth-order valence-corrected chi connectivity index (χ4v) is 1.55. The highest BCUT2D eigenvalue weighted by atomic mass is 16.6. The molecule has 6 heteroatoms. The van der Waals surface area contributed by atoms with Crippen molar-refractivity contribution < 1.29 is 28.8 Å². The average Bonchev–Trinajstić information content (AvgIpc) is 2.46. The summed E-state index contributed by atoms with van der Waals surface area (Å²) in [5, 5.41) is 8.39. The fourth-order valence-electron chi connectivity index (χ4n) is 1.55. The highest BCUT2D eigenvalue weighted by Gasteiger charge is 1.96. The van der Waals surface area contributed by atoms with E-state index in [2.05, 4.69) is 6.92 Å². The summed E-state index contributed by atoms with van der Waals surface area (Å²) in [5.74, 6) is -0.850. The highest BCUT2D eigenvalue weighted by Crippen LogP contribution is 1.98. The zero-order valence-corrected chi connectivity index (χ0v) is 13.2. The summed E-state index contributed by atoms with van der Waals surface area (Å²) in [5.41, 5.74) is 0. The van der Waals surface area contributed by atoms with Gasteiger partial charge < -0.3 is 24.1 Å². The number of hydrogen-bond donors (Lipinski definition) is 1. The van der Waals surface area contributed by atoms with Crippen LogP contribution in [0.3, 0.4) is 0 Å². The molecule has 0 amide bonds. The first-order valence-corrected chi connectivity index (χ1v) is 7.80. The van der Waals surface area contributed by atoms with E-state index in [0.717, 1.165) is 13.0 Å². The van der Waals surface area contributed by atoms with Crippen LogP contribution in [0.1, 0.15) is 39.0 Å². The molecule has 0 fully saturated rings. The minimum Gasteiger partial charge on any atom is -0.481 e. The van der Waals surface area contributed by atoms with Crippen molar-refractivity contribution in [3.05, 3.63) is 0 Å². The van der Waals surface area contributed by atoms with Crippen molar-refractivity contribution in [1.82, 2.24) is 0 Å². The van der Waals surface area contributed by atoms with E-state index in [1.54, 1.807) is 0 Å². The Morgan fingerprint density at radius 1 is 0.714 bits per heavy atom. The molecule has 6 nitrogen and oxygen atoms in total. The van der Waals surface area contributed by atoms with E-state index in [1.165, 1.54) is 19.3 Å². The molecule has 0 aliphatic rings. The van der Waals surface area contributed by atoms with E-state index in [0.29, 0.717) is 39.6 Å². The lowest BCUT2D eigenvalue weighted by Gasteiger charge is -2.07. The highest BCUT2D eigenvalue weighted by molar-refractivity contribution is 5.66. The summed E-state index contributed by atoms with van der Waals surface area (Å²) in [6.07, 6.45) is 4.91. The van der Waals surface area contributed by atoms with Gasteiger partial charge >= 0.3 is 5.97 Å². The van der Waals surface area contributed by atoms with Gasteiger partial charge in [-0.1, -0.05) is 26.2 Å². The number of aliphatic carboxylic acids is 1. The molecule has 0 atom stereocenters. The molecule has 0 aromatic rings. The standard InChI is InChI=1S/C15H30O6/c1-2-3-4-5-7-18-9-11-20-13-14-21-12-10-19-8-6-15(16)17/h2-14H2,1H3,(H,16,17). The van der Waals surface area contributed by atoms with Gasteiger partial charge in [0, 0.05) is 6.61 Å². The predicted octanol–water partition coefficient (Wildman–Crippen LogP) is 2.11. The summed E-state index contributed by atoms with van der Waals surface area (Å²) < 4.78 is 21.1. The van der Waals surface area contributed by atoms with Gasteiger partial charge in [0.1, 0.15) is 0 Å². The topological polar surface area (TPSA) is 74.2 Å². The summed E-state index contributed by atoms with van der Waals surface area (Å²) in [6.45, 7) is 6.37. The molecule has 0 spiro atoms. The van der Waals surface area contributed by atoms with Gasteiger partial charge in [-0.05, 0) is 6.42 Å². The molecule has 0 rings (SSSR count). The van der Waals surface area contributed by atoms with Crippen LogP contribution in [0.15, 0.2) is 0 Å². The molecule has 0 heterocycles. The van der Waals surface area contributed by atoms with Gasteiger partial charge in [0.2, 0.25) is 0 Å². The lowest BCUT2D eigenvalue weighted by molar-refractivity contribution is -0.138. The van der Waals surface area contributed by atoms with Gasteiger partial charge in [-0.25, -0.2) is 0 Å². The van der Waals surface area contributed by atoms with Crippen LogP contribution in [0.25, 0.3) is 0 Å². The third kappa shape index (κ3) is 19.3. The minimum atomic E-state index is -0.850. The van der Waals surface area contributed by atoms with Gasteiger partial charge in [-0.2, -0.15) is 0 Å². The minimum absolute atomic E-state index is 0.0293. The lowest BCUT2D eigenvalue weighted by Crippen LogP contribution is -2.12. The Morgan fingerprint density at radius 3 is 1.67 bits per heavy atom. The van der Waals surface area contributed by atoms with Gasteiger partial charge in [0.05, 0.1) is 52.7 Å². The fraction of sp³-hybridized carbons (Fsp3) is 0.933. The lowest BCUT2D eigenvalue weighted by atomic mass is 10.2. The maximum absolute atomic E-state index is 10.2. The molecular formula is C15H30O6. The molecule has 0 aromatic heterocycles. The molecule has 0 aliphatic heterocycles. The quantitative estimate of drug-likeness (QED) is 0.415. The molecule has 0 saturated carbocycles. The zero-order valence-electron chi connectivity index (χ0n) is 13.2. The summed E-state index contributed by atoms with van der Waals surface area (Å²) in [6, 6.07) is 0. The van der Waals surface area contributed by atoms with Crippen LogP contribution in [-0.2, 0) is 23.7 Å². The van der Waals surface area contributed by atoms with Crippen molar-refractivity contribution in [2.24, 2.45) is 0 Å². The van der Waals surface area contributed by atoms with E-state index in [1.807, 2.05) is 0 Å². The SMILES string of the molecule is CCCCCCOCCOCCOCCOCCC(=O)O. The normalized spacial score (nSPS) is 10.9. The molecular weight excluding hydrogens is 276 g/mol. The van der Waals surface area contributed by atoms with Crippen molar-refractivity contribution in [3.8, 4) is 0 Å². The van der Waals surface area contributed by atoms with Crippen LogP contribution >= 0.6 is 0 Å². The van der Waals surface area contributed by atoms with Gasteiger partial charge in [-0.15, -0.1) is 0 Å².